The highest BCUT2D eigenvalue weighted by atomic mass is 32.2. The van der Waals surface area contributed by atoms with Crippen LogP contribution in [0.4, 0.5) is 5.69 Å². The Morgan fingerprint density at radius 1 is 1.48 bits per heavy atom. The number of anilines is 1. The van der Waals surface area contributed by atoms with Gasteiger partial charge in [0.1, 0.15) is 0 Å². The summed E-state index contributed by atoms with van der Waals surface area (Å²) in [5.74, 6) is -0.494. The summed E-state index contributed by atoms with van der Waals surface area (Å²) in [5.41, 5.74) is 0.840. The number of thioether (sulfide) groups is 1. The van der Waals surface area contributed by atoms with Gasteiger partial charge in [0.15, 0.2) is 0 Å². The van der Waals surface area contributed by atoms with Crippen molar-refractivity contribution in [1.82, 2.24) is 5.32 Å². The van der Waals surface area contributed by atoms with Crippen LogP contribution in [0.2, 0.25) is 0 Å². The molecule has 0 aromatic heterocycles. The van der Waals surface area contributed by atoms with Gasteiger partial charge in [-0.15, -0.1) is 6.58 Å². The number of benzene rings is 1. The van der Waals surface area contributed by atoms with Crippen LogP contribution in [0.25, 0.3) is 0 Å². The molecular weight excluding hydrogens is 312 g/mol. The first-order valence-corrected chi connectivity index (χ1v) is 8.09. The Balaban J connectivity index is 2.23. The average molecular weight is 332 g/mol. The van der Waals surface area contributed by atoms with Gasteiger partial charge < -0.3 is 15.0 Å². The number of carbonyl (C=O) groups is 2. The molecule has 2 rings (SSSR count). The molecule has 0 saturated carbocycles. The highest BCUT2D eigenvalue weighted by molar-refractivity contribution is 8.04. The van der Waals surface area contributed by atoms with Gasteiger partial charge in [0.05, 0.1) is 17.2 Å². The molecule has 0 aliphatic carbocycles. The van der Waals surface area contributed by atoms with E-state index in [9.17, 15) is 9.59 Å². The summed E-state index contributed by atoms with van der Waals surface area (Å²) in [7, 11) is 1.58. The second-order valence-electron chi connectivity index (χ2n) is 5.15. The molecule has 1 unspecified atom stereocenters. The standard InChI is InChI=1S/C17H20N2O3S/c1-4-9-19-13-7-5-6-8-14(13)23-15(17(19)21)10-16(20)18-12(2)11-22-3/h4-8,10,12H,1,9,11H2,2-3H3,(H,18,20)/b15-10+. The van der Waals surface area contributed by atoms with Crippen molar-refractivity contribution in [3.63, 3.8) is 0 Å². The molecule has 6 heteroatoms. The number of carbonyl (C=O) groups excluding carboxylic acids is 2. The molecule has 1 aliphatic heterocycles. The molecule has 1 heterocycles. The van der Waals surface area contributed by atoms with Crippen molar-refractivity contribution in [3.8, 4) is 0 Å². The topological polar surface area (TPSA) is 58.6 Å². The Morgan fingerprint density at radius 2 is 2.22 bits per heavy atom. The molecule has 1 atom stereocenters. The lowest BCUT2D eigenvalue weighted by Crippen LogP contribution is -2.37. The Hall–Kier alpha value is -2.05. The van der Waals surface area contributed by atoms with Gasteiger partial charge in [-0.3, -0.25) is 9.59 Å². The van der Waals surface area contributed by atoms with Crippen LogP contribution in [0.5, 0.6) is 0 Å². The molecule has 0 radical (unpaired) electrons. The monoisotopic (exact) mass is 332 g/mol. The third-order valence-electron chi connectivity index (χ3n) is 3.21. The fourth-order valence-corrected chi connectivity index (χ4v) is 3.30. The third kappa shape index (κ3) is 4.24. The number of fused-ring (bicyclic) bond motifs is 1. The van der Waals surface area contributed by atoms with Crippen molar-refractivity contribution in [1.29, 1.82) is 0 Å². The van der Waals surface area contributed by atoms with Crippen LogP contribution in [0, 0.1) is 0 Å². The summed E-state index contributed by atoms with van der Waals surface area (Å²) in [5, 5.41) is 2.77. The molecular formula is C17H20N2O3S. The summed E-state index contributed by atoms with van der Waals surface area (Å²) >= 11 is 1.31. The average Bonchev–Trinajstić information content (AvgIpc) is 2.51. The second kappa shape index (κ2) is 7.99. The van der Waals surface area contributed by atoms with Crippen LogP contribution >= 0.6 is 11.8 Å². The van der Waals surface area contributed by atoms with Gasteiger partial charge in [0.2, 0.25) is 5.91 Å². The molecule has 122 valence electrons. The Bertz CT molecular complexity index is 642. The van der Waals surface area contributed by atoms with E-state index in [2.05, 4.69) is 11.9 Å². The summed E-state index contributed by atoms with van der Waals surface area (Å²) in [6, 6.07) is 7.50. The molecule has 0 bridgehead atoms. The largest absolute Gasteiger partial charge is 0.383 e. The number of ether oxygens (including phenoxy) is 1. The van der Waals surface area contributed by atoms with Gasteiger partial charge in [-0.2, -0.15) is 0 Å². The number of hydrogen-bond acceptors (Lipinski definition) is 4. The first-order chi connectivity index (χ1) is 11.1. The highest BCUT2D eigenvalue weighted by Gasteiger charge is 2.28. The number of nitrogens with zero attached hydrogens (tertiary/aromatic N) is 1. The van der Waals surface area contributed by atoms with E-state index < -0.39 is 0 Å². The number of methoxy groups -OCH3 is 1. The Labute approximate surface area is 140 Å². The minimum Gasteiger partial charge on any atom is -0.383 e. The zero-order valence-corrected chi connectivity index (χ0v) is 14.1. The van der Waals surface area contributed by atoms with Gasteiger partial charge >= 0.3 is 0 Å². The molecule has 0 fully saturated rings. The van der Waals surface area contributed by atoms with Crippen molar-refractivity contribution >= 4 is 29.3 Å². The van der Waals surface area contributed by atoms with E-state index in [1.807, 2.05) is 31.2 Å². The lowest BCUT2D eigenvalue weighted by molar-refractivity contribution is -0.118. The third-order valence-corrected chi connectivity index (χ3v) is 4.29. The maximum atomic E-state index is 12.6. The number of hydrogen-bond donors (Lipinski definition) is 1. The molecule has 1 aliphatic rings. The van der Waals surface area contributed by atoms with E-state index in [1.54, 1.807) is 18.1 Å². The van der Waals surface area contributed by atoms with Crippen molar-refractivity contribution in [3.05, 3.63) is 47.9 Å². The first-order valence-electron chi connectivity index (χ1n) is 7.27. The first kappa shape index (κ1) is 17.3. The van der Waals surface area contributed by atoms with Crippen LogP contribution in [0.3, 0.4) is 0 Å². The van der Waals surface area contributed by atoms with Crippen LogP contribution < -0.4 is 10.2 Å². The predicted octanol–water partition coefficient (Wildman–Crippen LogP) is 2.35. The minimum absolute atomic E-state index is 0.121. The predicted molar refractivity (Wildman–Crippen MR) is 92.4 cm³/mol. The maximum Gasteiger partial charge on any atom is 0.265 e. The SMILES string of the molecule is C=CCN1C(=O)/C(=C\C(=O)NC(C)COC)Sc2ccccc21. The van der Waals surface area contributed by atoms with Gasteiger partial charge in [0, 0.05) is 30.7 Å². The minimum atomic E-state index is -0.302. The molecule has 23 heavy (non-hydrogen) atoms. The van der Waals surface area contributed by atoms with E-state index in [-0.39, 0.29) is 17.9 Å². The van der Waals surface area contributed by atoms with Crippen LogP contribution in [0.1, 0.15) is 6.92 Å². The lowest BCUT2D eigenvalue weighted by atomic mass is 10.2. The van der Waals surface area contributed by atoms with Gasteiger partial charge in [-0.05, 0) is 19.1 Å². The molecule has 1 aromatic carbocycles. The van der Waals surface area contributed by atoms with Crippen LogP contribution in [0.15, 0.2) is 52.8 Å². The second-order valence-corrected chi connectivity index (χ2v) is 6.23. The van der Waals surface area contributed by atoms with Crippen molar-refractivity contribution < 1.29 is 14.3 Å². The van der Waals surface area contributed by atoms with Crippen molar-refractivity contribution in [2.24, 2.45) is 0 Å². The summed E-state index contributed by atoms with van der Waals surface area (Å²) in [6.45, 7) is 6.35. The fourth-order valence-electron chi connectivity index (χ4n) is 2.27. The van der Waals surface area contributed by atoms with E-state index >= 15 is 0 Å². The number of amides is 2. The molecule has 0 spiro atoms. The molecule has 5 nitrogen and oxygen atoms in total. The molecule has 0 saturated heterocycles. The van der Waals surface area contributed by atoms with E-state index in [1.165, 1.54) is 17.8 Å². The van der Waals surface area contributed by atoms with Gasteiger partial charge in [0.25, 0.3) is 5.91 Å². The highest BCUT2D eigenvalue weighted by Crippen LogP contribution is 2.41. The lowest BCUT2D eigenvalue weighted by Gasteiger charge is -2.29. The zero-order chi connectivity index (χ0) is 16.8. The smallest absolute Gasteiger partial charge is 0.265 e. The molecule has 2 amide bonds. The van der Waals surface area contributed by atoms with Gasteiger partial charge in [-0.25, -0.2) is 0 Å². The maximum absolute atomic E-state index is 12.6. The summed E-state index contributed by atoms with van der Waals surface area (Å²) < 4.78 is 4.98. The fraction of sp³-hybridized carbons (Fsp3) is 0.294. The molecule has 1 aromatic rings. The normalized spacial score (nSPS) is 16.9. The van der Waals surface area contributed by atoms with Crippen molar-refractivity contribution in [2.75, 3.05) is 25.2 Å². The van der Waals surface area contributed by atoms with E-state index in [4.69, 9.17) is 4.74 Å². The van der Waals surface area contributed by atoms with Gasteiger partial charge in [-0.1, -0.05) is 30.0 Å². The van der Waals surface area contributed by atoms with Crippen LogP contribution in [-0.4, -0.2) is 38.1 Å². The van der Waals surface area contributed by atoms with E-state index in [0.29, 0.717) is 18.1 Å². The zero-order valence-electron chi connectivity index (χ0n) is 13.2. The summed E-state index contributed by atoms with van der Waals surface area (Å²) in [4.78, 5) is 27.6. The summed E-state index contributed by atoms with van der Waals surface area (Å²) in [6.07, 6.45) is 3.02. The Morgan fingerprint density at radius 3 is 2.91 bits per heavy atom. The van der Waals surface area contributed by atoms with Crippen LogP contribution in [-0.2, 0) is 14.3 Å². The van der Waals surface area contributed by atoms with Crippen molar-refractivity contribution in [2.45, 2.75) is 17.9 Å². The Kier molecular flexibility index (Phi) is 6.01. The number of nitrogens with one attached hydrogen (secondary N) is 1. The molecule has 1 N–H and O–H groups in total. The number of rotatable bonds is 6. The quantitative estimate of drug-likeness (QED) is 0.642. The number of para-hydroxylation sites is 1. The van der Waals surface area contributed by atoms with E-state index in [0.717, 1.165) is 10.6 Å².